The normalized spacial score (nSPS) is 19.1. The van der Waals surface area contributed by atoms with Crippen LogP contribution in [0, 0.1) is 22.0 Å². The number of nitrogens with one attached hydrogen (secondary N) is 2. The lowest BCUT2D eigenvalue weighted by Gasteiger charge is -2.14. The molecular formula is C23H21F3N6O6. The first-order valence-corrected chi connectivity index (χ1v) is 11.2. The van der Waals surface area contributed by atoms with Crippen molar-refractivity contribution in [2.24, 2.45) is 0 Å². The van der Waals surface area contributed by atoms with Crippen molar-refractivity contribution in [3.05, 3.63) is 58.0 Å². The number of hydrogen-bond acceptors (Lipinski definition) is 9. The van der Waals surface area contributed by atoms with Crippen molar-refractivity contribution in [2.45, 2.75) is 37.6 Å². The summed E-state index contributed by atoms with van der Waals surface area (Å²) in [7, 11) is 0. The summed E-state index contributed by atoms with van der Waals surface area (Å²) in [6.07, 6.45) is -3.90. The predicted octanol–water partition coefficient (Wildman–Crippen LogP) is 1.62. The molecule has 1 unspecified atom stereocenters. The maximum atomic E-state index is 12.2. The molecular weight excluding hydrogens is 513 g/mol. The van der Waals surface area contributed by atoms with Gasteiger partial charge in [-0.2, -0.15) is 13.2 Å². The molecule has 0 spiro atoms. The number of carbonyl (C=O) groups excluding carboxylic acids is 1. The van der Waals surface area contributed by atoms with Crippen molar-refractivity contribution < 1.29 is 37.8 Å². The summed E-state index contributed by atoms with van der Waals surface area (Å²) in [5, 5.41) is 35.7. The first-order valence-electron chi connectivity index (χ1n) is 11.2. The van der Waals surface area contributed by atoms with Crippen molar-refractivity contribution in [3.8, 4) is 11.8 Å². The molecule has 0 bridgehead atoms. The summed E-state index contributed by atoms with van der Waals surface area (Å²) in [4.78, 5) is 30.5. The monoisotopic (exact) mass is 534 g/mol. The Hall–Kier alpha value is -4.26. The molecule has 200 valence electrons. The van der Waals surface area contributed by atoms with Crippen LogP contribution in [0.5, 0.6) is 0 Å². The number of aromatic nitrogens is 3. The number of imidazole rings is 1. The third kappa shape index (κ3) is 5.83. The number of nitro benzene ring substituents is 1. The van der Waals surface area contributed by atoms with Crippen molar-refractivity contribution in [3.63, 3.8) is 0 Å². The molecule has 1 aromatic carbocycles. The number of carbonyl (C=O) groups is 1. The second-order valence-electron chi connectivity index (χ2n) is 8.23. The number of nitrogens with zero attached hydrogens (tertiary/aromatic N) is 4. The Morgan fingerprint density at radius 3 is 2.79 bits per heavy atom. The number of amides is 1. The summed E-state index contributed by atoms with van der Waals surface area (Å²) in [6.45, 7) is -0.878. The minimum absolute atomic E-state index is 0.0306. The lowest BCUT2D eigenvalue weighted by molar-refractivity contribution is -0.385. The zero-order chi connectivity index (χ0) is 27.4. The van der Waals surface area contributed by atoms with E-state index in [0.29, 0.717) is 22.4 Å². The molecule has 4 N–H and O–H groups in total. The van der Waals surface area contributed by atoms with E-state index >= 15 is 0 Å². The zero-order valence-electron chi connectivity index (χ0n) is 19.5. The number of anilines is 1. The number of aliphatic hydroxyl groups is 2. The molecule has 38 heavy (non-hydrogen) atoms. The molecule has 1 fully saturated rings. The maximum absolute atomic E-state index is 12.2. The standard InChI is InChI=1S/C23H21F3N6O6/c24-23(25,26)22(35)28-6-1-2-13-3-4-14(16(8-13)32(36)37)10-29-15-5-7-27-21-20(15)30-12-31(21)19-9-17(34)18(11-33)38-19/h3-5,7-8,12,17-19,33-34H,6,9-11H2,(H,27,29)(H,28,35)/t17?,18-,19-/m1/s1. The Labute approximate surface area is 212 Å². The molecule has 12 nitrogen and oxygen atoms in total. The summed E-state index contributed by atoms with van der Waals surface area (Å²) in [5.74, 6) is 2.69. The van der Waals surface area contributed by atoms with Crippen LogP contribution < -0.4 is 10.6 Å². The second kappa shape index (κ2) is 11.0. The van der Waals surface area contributed by atoms with Crippen molar-refractivity contribution >= 4 is 28.4 Å². The maximum Gasteiger partial charge on any atom is 0.471 e. The number of ether oxygens (including phenoxy) is 1. The molecule has 2 aromatic heterocycles. The van der Waals surface area contributed by atoms with E-state index in [0.717, 1.165) is 0 Å². The van der Waals surface area contributed by atoms with Crippen LogP contribution >= 0.6 is 0 Å². The molecule has 3 heterocycles. The summed E-state index contributed by atoms with van der Waals surface area (Å²) in [5.41, 5.74) is 1.68. The molecule has 0 saturated carbocycles. The number of pyridine rings is 1. The fourth-order valence-electron chi connectivity index (χ4n) is 3.86. The molecule has 1 aliphatic heterocycles. The third-order valence-corrected chi connectivity index (χ3v) is 5.73. The van der Waals surface area contributed by atoms with Crippen LogP contribution in [-0.2, 0) is 16.1 Å². The Bertz CT molecular complexity index is 1420. The van der Waals surface area contributed by atoms with Gasteiger partial charge in [0.05, 0.1) is 36.2 Å². The first-order chi connectivity index (χ1) is 18.1. The molecule has 1 saturated heterocycles. The van der Waals surface area contributed by atoms with Gasteiger partial charge in [0.2, 0.25) is 0 Å². The lowest BCUT2D eigenvalue weighted by atomic mass is 10.1. The van der Waals surface area contributed by atoms with Crippen molar-refractivity contribution in [1.82, 2.24) is 19.9 Å². The quantitative estimate of drug-likeness (QED) is 0.200. The van der Waals surface area contributed by atoms with Crippen LogP contribution in [0.1, 0.15) is 23.8 Å². The number of fused-ring (bicyclic) bond motifs is 1. The minimum atomic E-state index is -5.02. The van der Waals surface area contributed by atoms with Crippen LogP contribution in [0.3, 0.4) is 0 Å². The average Bonchev–Trinajstić information content (AvgIpc) is 3.48. The van der Waals surface area contributed by atoms with Crippen LogP contribution in [0.4, 0.5) is 24.5 Å². The van der Waals surface area contributed by atoms with Gasteiger partial charge in [-0.05, 0) is 18.2 Å². The van der Waals surface area contributed by atoms with Gasteiger partial charge in [0.15, 0.2) is 5.65 Å². The number of benzene rings is 1. The number of nitro groups is 1. The van der Waals surface area contributed by atoms with Gasteiger partial charge in [-0.25, -0.2) is 9.97 Å². The molecule has 0 aliphatic carbocycles. The fourth-order valence-corrected chi connectivity index (χ4v) is 3.86. The Morgan fingerprint density at radius 1 is 1.32 bits per heavy atom. The number of halogens is 3. The van der Waals surface area contributed by atoms with Gasteiger partial charge in [0, 0.05) is 36.4 Å². The average molecular weight is 534 g/mol. The van der Waals surface area contributed by atoms with E-state index in [1.807, 2.05) is 0 Å². The summed E-state index contributed by atoms with van der Waals surface area (Å²) in [6, 6.07) is 5.76. The van der Waals surface area contributed by atoms with Crippen LogP contribution in [-0.4, -0.2) is 67.1 Å². The zero-order valence-corrected chi connectivity index (χ0v) is 19.5. The fraction of sp³-hybridized carbons (Fsp3) is 0.348. The highest BCUT2D eigenvalue weighted by Gasteiger charge is 2.38. The van der Waals surface area contributed by atoms with Crippen molar-refractivity contribution in [2.75, 3.05) is 18.5 Å². The molecule has 4 rings (SSSR count). The van der Waals surface area contributed by atoms with E-state index in [1.165, 1.54) is 30.7 Å². The van der Waals surface area contributed by atoms with Crippen LogP contribution in [0.2, 0.25) is 0 Å². The van der Waals surface area contributed by atoms with E-state index in [2.05, 4.69) is 27.1 Å². The highest BCUT2D eigenvalue weighted by Crippen LogP contribution is 2.32. The summed E-state index contributed by atoms with van der Waals surface area (Å²) >= 11 is 0. The van der Waals surface area contributed by atoms with E-state index in [9.17, 15) is 38.3 Å². The molecule has 1 amide bonds. The Balaban J connectivity index is 1.47. The number of alkyl halides is 3. The highest BCUT2D eigenvalue weighted by atomic mass is 19.4. The predicted molar refractivity (Wildman–Crippen MR) is 126 cm³/mol. The molecule has 3 aromatic rings. The lowest BCUT2D eigenvalue weighted by Crippen LogP contribution is -2.36. The van der Waals surface area contributed by atoms with Gasteiger partial charge in [0.25, 0.3) is 5.69 Å². The van der Waals surface area contributed by atoms with Gasteiger partial charge in [0.1, 0.15) is 17.8 Å². The summed E-state index contributed by atoms with van der Waals surface area (Å²) < 4.78 is 43.9. The molecule has 15 heteroatoms. The molecule has 3 atom stereocenters. The van der Waals surface area contributed by atoms with Gasteiger partial charge >= 0.3 is 12.1 Å². The molecule has 1 aliphatic rings. The van der Waals surface area contributed by atoms with E-state index in [4.69, 9.17) is 4.74 Å². The third-order valence-electron chi connectivity index (χ3n) is 5.73. The Morgan fingerprint density at radius 2 is 2.11 bits per heavy atom. The minimum Gasteiger partial charge on any atom is -0.394 e. The molecule has 0 radical (unpaired) electrons. The first kappa shape index (κ1) is 26.8. The number of hydrogen-bond donors (Lipinski definition) is 4. The second-order valence-corrected chi connectivity index (χ2v) is 8.23. The van der Waals surface area contributed by atoms with E-state index < -0.39 is 42.0 Å². The van der Waals surface area contributed by atoms with Crippen LogP contribution in [0.15, 0.2) is 36.8 Å². The number of aliphatic hydroxyl groups excluding tert-OH is 2. The van der Waals surface area contributed by atoms with Gasteiger partial charge in [-0.3, -0.25) is 19.5 Å². The topological polar surface area (TPSA) is 165 Å². The van der Waals surface area contributed by atoms with Gasteiger partial charge in [-0.1, -0.05) is 11.8 Å². The smallest absolute Gasteiger partial charge is 0.394 e. The van der Waals surface area contributed by atoms with E-state index in [-0.39, 0.29) is 30.8 Å². The van der Waals surface area contributed by atoms with Gasteiger partial charge < -0.3 is 25.6 Å². The largest absolute Gasteiger partial charge is 0.471 e. The number of rotatable bonds is 7. The van der Waals surface area contributed by atoms with Crippen molar-refractivity contribution in [1.29, 1.82) is 0 Å². The highest BCUT2D eigenvalue weighted by molar-refractivity contribution is 5.85. The van der Waals surface area contributed by atoms with E-state index in [1.54, 1.807) is 16.0 Å². The van der Waals surface area contributed by atoms with Crippen LogP contribution in [0.25, 0.3) is 11.2 Å². The SMILES string of the molecule is O=C(NCC#Cc1ccc(CNc2ccnc3c2ncn3[C@H]2CC(O)[C@@H](CO)O2)c([N+](=O)[O-])c1)C(F)(F)F. The Kier molecular flexibility index (Phi) is 7.76. The van der Waals surface area contributed by atoms with Gasteiger partial charge in [-0.15, -0.1) is 0 Å².